The number of nitrogens with zero attached hydrogens (tertiary/aromatic N) is 8. The van der Waals surface area contributed by atoms with Gasteiger partial charge in [0.2, 0.25) is 35.3 Å². The summed E-state index contributed by atoms with van der Waals surface area (Å²) in [5.41, 5.74) is 17.5. The molecule has 6 aromatic rings. The number of amidine groups is 1. The van der Waals surface area contributed by atoms with Gasteiger partial charge in [-0.1, -0.05) is 99.8 Å². The summed E-state index contributed by atoms with van der Waals surface area (Å²) in [6.45, 7) is 23.8. The molecule has 2 unspecified atom stereocenters. The minimum absolute atomic E-state index is 0.0195. The Bertz CT molecular complexity index is 3240. The number of likely N-dealkylation sites (tertiary alicyclic amines) is 2. The number of aryl methyl sites for hydroxylation is 7. The molecule has 4 saturated heterocycles. The number of carbonyl (C=O) groups is 5. The van der Waals surface area contributed by atoms with Gasteiger partial charge in [-0.2, -0.15) is 4.98 Å². The van der Waals surface area contributed by atoms with Crippen molar-refractivity contribution in [1.29, 1.82) is 0 Å². The molecule has 4 amide bonds. The lowest BCUT2D eigenvalue weighted by molar-refractivity contribution is -0.146. The quantitative estimate of drug-likeness (QED) is 0.0428. The van der Waals surface area contributed by atoms with Gasteiger partial charge in [-0.05, 0) is 133 Å². The molecule has 0 saturated carbocycles. The fourth-order valence-corrected chi connectivity index (χ4v) is 10.1. The zero-order valence-electron chi connectivity index (χ0n) is 46.2. The molecule has 1 aromatic heterocycles. The average Bonchev–Trinajstić information content (AvgIpc) is 4.29. The predicted molar refractivity (Wildman–Crippen MR) is 304 cm³/mol. The molecule has 17 heteroatoms. The summed E-state index contributed by atoms with van der Waals surface area (Å²) in [5.74, 6) is -0.196. The van der Waals surface area contributed by atoms with Crippen molar-refractivity contribution in [2.45, 2.75) is 92.9 Å². The first-order chi connectivity index (χ1) is 37.8. The van der Waals surface area contributed by atoms with Crippen LogP contribution in [-0.2, 0) is 24.0 Å². The van der Waals surface area contributed by atoms with E-state index >= 15 is 0 Å². The number of carboxylic acids is 1. The molecule has 4 N–H and O–H groups in total. The second-order valence-electron chi connectivity index (χ2n) is 21.0. The zero-order valence-corrected chi connectivity index (χ0v) is 46.2. The molecular formula is C62H71N9O8. The molecular weight excluding hydrogens is 999 g/mol. The predicted octanol–water partition coefficient (Wildman–Crippen LogP) is 10.0. The molecule has 0 radical (unpaired) electrons. The fourth-order valence-electron chi connectivity index (χ4n) is 10.1. The summed E-state index contributed by atoms with van der Waals surface area (Å²) < 4.78 is 5.57. The summed E-state index contributed by atoms with van der Waals surface area (Å²) in [6, 6.07) is 35.0. The Morgan fingerprint density at radius 3 is 1.58 bits per heavy atom. The molecule has 79 heavy (non-hydrogen) atoms. The van der Waals surface area contributed by atoms with Gasteiger partial charge in [-0.15, -0.1) is 0 Å². The van der Waals surface area contributed by atoms with Crippen molar-refractivity contribution < 1.29 is 38.8 Å². The maximum absolute atomic E-state index is 13.2. The normalized spacial score (nSPS) is 17.7. The Kier molecular flexibility index (Phi) is 19.5. The largest absolute Gasteiger partial charge is 0.481 e. The van der Waals surface area contributed by atoms with E-state index in [9.17, 15) is 24.0 Å². The topological polar surface area (TPSA) is 220 Å². The Morgan fingerprint density at radius 2 is 1.13 bits per heavy atom. The van der Waals surface area contributed by atoms with E-state index in [1.165, 1.54) is 11.1 Å². The Morgan fingerprint density at radius 1 is 0.633 bits per heavy atom. The molecule has 0 aliphatic carbocycles. The van der Waals surface area contributed by atoms with Crippen LogP contribution in [0.3, 0.4) is 0 Å². The molecule has 4 aliphatic heterocycles. The highest BCUT2D eigenvalue weighted by Crippen LogP contribution is 2.33. The van der Waals surface area contributed by atoms with Crippen molar-refractivity contribution in [2.24, 2.45) is 28.6 Å². The molecule has 0 spiro atoms. The number of oxime groups is 1. The lowest BCUT2D eigenvalue weighted by Crippen LogP contribution is -2.43. The van der Waals surface area contributed by atoms with Gasteiger partial charge in [0.25, 0.3) is 0 Å². The van der Waals surface area contributed by atoms with Crippen molar-refractivity contribution in [3.05, 3.63) is 171 Å². The number of aliphatic carboxylic acids is 1. The van der Waals surface area contributed by atoms with E-state index in [0.717, 1.165) is 68.8 Å². The van der Waals surface area contributed by atoms with Crippen molar-refractivity contribution >= 4 is 52.5 Å². The van der Waals surface area contributed by atoms with Crippen LogP contribution in [0.15, 0.2) is 119 Å². The number of carbonyl (C=O) groups excluding carboxylic acids is 4. The summed E-state index contributed by atoms with van der Waals surface area (Å²) in [6.07, 6.45) is 3.04. The third-order valence-electron chi connectivity index (χ3n) is 15.1. The number of hydrogen-bond acceptors (Lipinski definition) is 10. The first kappa shape index (κ1) is 58.0. The van der Waals surface area contributed by atoms with Gasteiger partial charge in [0.1, 0.15) is 0 Å². The van der Waals surface area contributed by atoms with E-state index in [0.29, 0.717) is 63.8 Å². The van der Waals surface area contributed by atoms with E-state index in [4.69, 9.17) is 27.1 Å². The number of anilines is 2. The van der Waals surface area contributed by atoms with Gasteiger partial charge in [-0.3, -0.25) is 24.0 Å². The van der Waals surface area contributed by atoms with Gasteiger partial charge in [0.05, 0.1) is 24.3 Å². The number of hydrogen-bond donors (Lipinski definition) is 3. The van der Waals surface area contributed by atoms with E-state index in [2.05, 4.69) is 27.1 Å². The number of aromatic nitrogens is 2. The molecule has 2 atom stereocenters. The highest BCUT2D eigenvalue weighted by atomic mass is 16.5. The Labute approximate surface area is 462 Å². The summed E-state index contributed by atoms with van der Waals surface area (Å²) in [4.78, 5) is 77.0. The molecule has 0 bridgehead atoms. The van der Waals surface area contributed by atoms with Crippen LogP contribution < -0.4 is 15.5 Å². The smallest absolute Gasteiger partial charge is 0.306 e. The van der Waals surface area contributed by atoms with Gasteiger partial charge in [0, 0.05) is 80.5 Å². The molecule has 5 aromatic carbocycles. The fraction of sp³-hybridized carbons (Fsp3) is 0.371. The minimum Gasteiger partial charge on any atom is -0.481 e. The maximum atomic E-state index is 13.2. The van der Waals surface area contributed by atoms with Crippen LogP contribution in [0.2, 0.25) is 0 Å². The van der Waals surface area contributed by atoms with Crippen molar-refractivity contribution in [1.82, 2.24) is 19.9 Å². The van der Waals surface area contributed by atoms with Gasteiger partial charge < -0.3 is 40.2 Å². The van der Waals surface area contributed by atoms with Gasteiger partial charge >= 0.3 is 5.97 Å². The number of rotatable bonds is 8. The van der Waals surface area contributed by atoms with E-state index < -0.39 is 5.97 Å². The van der Waals surface area contributed by atoms with E-state index in [1.54, 1.807) is 26.8 Å². The lowest BCUT2D eigenvalue weighted by Gasteiger charge is -2.32. The highest BCUT2D eigenvalue weighted by molar-refractivity contribution is 6.01. The van der Waals surface area contributed by atoms with E-state index in [-0.39, 0.29) is 66.0 Å². The zero-order chi connectivity index (χ0) is 56.9. The van der Waals surface area contributed by atoms with Crippen LogP contribution in [0.4, 0.5) is 17.1 Å². The number of carboxylic acid groups (broad SMARTS) is 1. The monoisotopic (exact) mass is 1070 g/mol. The molecule has 4 aliphatic rings. The molecule has 10 rings (SSSR count). The Balaban J connectivity index is 0.000000174. The van der Waals surface area contributed by atoms with Crippen molar-refractivity contribution in [2.75, 3.05) is 49.1 Å². The maximum Gasteiger partial charge on any atom is 0.306 e. The minimum atomic E-state index is -0.788. The second-order valence-corrected chi connectivity index (χ2v) is 21.0. The number of piperidine rings is 2. The van der Waals surface area contributed by atoms with Gasteiger partial charge in [-0.25, -0.2) is 4.85 Å². The van der Waals surface area contributed by atoms with E-state index in [1.807, 2.05) is 144 Å². The molecule has 5 heterocycles. The summed E-state index contributed by atoms with van der Waals surface area (Å²) in [5, 5.41) is 24.5. The van der Waals surface area contributed by atoms with Crippen molar-refractivity contribution in [3.63, 3.8) is 0 Å². The van der Waals surface area contributed by atoms with Crippen LogP contribution in [0, 0.1) is 72.8 Å². The van der Waals surface area contributed by atoms with Crippen LogP contribution in [-0.4, -0.2) is 105 Å². The number of benzene rings is 5. The van der Waals surface area contributed by atoms with Crippen molar-refractivity contribution in [3.8, 4) is 11.4 Å². The third-order valence-corrected chi connectivity index (χ3v) is 15.1. The molecule has 412 valence electrons. The first-order valence-electron chi connectivity index (χ1n) is 26.8. The Hall–Kier alpha value is -8.65. The molecule has 17 nitrogen and oxygen atoms in total. The average molecular weight is 1070 g/mol. The SMILES string of the molecule is Cc1ccc(N2CC(C(=O)N3CCC(C(=O)O)CC3)CC2=O)cc1C.Cc1cccc(-c2noc(C3CCN(C(=O)C4CC(=O)N(c5ccc(C)c(C)c5)C4)CC3)n2)c1.Cc1cccc(C(N)=NO)c1.[C-]#[N+]c1cccc(C)c1. The standard InChI is InChI=1S/C27H30N4O3.C19H24N2O4.C8H10N2O.C8H7N/c1-17-5-4-6-21(13-17)25-28-26(34-29-25)20-9-11-30(12-10-20)27(33)22-15-24(32)31(16-22)23-8-7-18(2)19(3)14-23;1-12-3-4-16(9-13(12)2)21-11-15(10-17(21)22)18(23)20-7-5-14(6-8-20)19(24)25;1-6-3-2-4-7(5-6)8(9)10-11;1-7-4-3-5-8(6-7)9-2/h4-8,13-14,20,22H,9-12,15-16H2,1-3H3;3-4,9,14-15H,5-8,10-11H2,1-2H3,(H,24,25);2-5,11H,1H3,(H2,9,10);3-6H,1H3. The second kappa shape index (κ2) is 26.6. The first-order valence-corrected chi connectivity index (χ1v) is 26.8. The summed E-state index contributed by atoms with van der Waals surface area (Å²) >= 11 is 0. The number of nitrogens with two attached hydrogens (primary N) is 1. The van der Waals surface area contributed by atoms with Crippen LogP contribution in [0.25, 0.3) is 16.2 Å². The molecule has 4 fully saturated rings. The van der Waals surface area contributed by atoms with Crippen LogP contribution in [0.5, 0.6) is 0 Å². The lowest BCUT2D eigenvalue weighted by atomic mass is 9.95. The van der Waals surface area contributed by atoms with Crippen LogP contribution in [0.1, 0.15) is 94.8 Å². The summed E-state index contributed by atoms with van der Waals surface area (Å²) in [7, 11) is 0. The van der Waals surface area contributed by atoms with Crippen LogP contribution >= 0.6 is 0 Å². The number of amides is 4. The highest BCUT2D eigenvalue weighted by Gasteiger charge is 2.40. The third kappa shape index (κ3) is 15.1. The van der Waals surface area contributed by atoms with Gasteiger partial charge in [0.15, 0.2) is 11.5 Å².